The molecule has 0 aliphatic rings. The largest absolute Gasteiger partial charge is 0.494 e. The first-order chi connectivity index (χ1) is 11.1. The maximum atomic E-state index is 12.5. The van der Waals surface area contributed by atoms with E-state index in [1.54, 1.807) is 17.0 Å². The van der Waals surface area contributed by atoms with Crippen LogP contribution in [-0.2, 0) is 4.79 Å². The van der Waals surface area contributed by atoms with Crippen LogP contribution in [0, 0.1) is 0 Å². The minimum Gasteiger partial charge on any atom is -0.494 e. The number of carbonyl (C=O) groups excluding carboxylic acids is 1. The predicted octanol–water partition coefficient (Wildman–Crippen LogP) is 3.91. The molecule has 0 spiro atoms. The Hall–Kier alpha value is -2.49. The van der Waals surface area contributed by atoms with Gasteiger partial charge in [0.25, 0.3) is 5.91 Å². The molecule has 1 amide bonds. The van der Waals surface area contributed by atoms with E-state index in [4.69, 9.17) is 9.47 Å². The lowest BCUT2D eigenvalue weighted by Crippen LogP contribution is -2.40. The third-order valence-corrected chi connectivity index (χ3v) is 3.32. The second-order valence-electron chi connectivity index (χ2n) is 5.39. The van der Waals surface area contributed by atoms with E-state index in [9.17, 15) is 4.79 Å². The number of hydrogen-bond acceptors (Lipinski definition) is 3. The van der Waals surface area contributed by atoms with Crippen molar-refractivity contribution < 1.29 is 14.3 Å². The number of nitrogens with zero attached hydrogens (tertiary/aromatic N) is 1. The fourth-order valence-electron chi connectivity index (χ4n) is 2.33. The molecule has 0 aliphatic heterocycles. The van der Waals surface area contributed by atoms with Crippen LogP contribution in [0.15, 0.2) is 54.6 Å². The Morgan fingerprint density at radius 1 is 0.957 bits per heavy atom. The highest BCUT2D eigenvalue weighted by Crippen LogP contribution is 2.19. The average Bonchev–Trinajstić information content (AvgIpc) is 2.55. The normalized spacial score (nSPS) is 10.4. The third kappa shape index (κ3) is 4.74. The van der Waals surface area contributed by atoms with E-state index >= 15 is 0 Å². The summed E-state index contributed by atoms with van der Waals surface area (Å²) in [4.78, 5) is 14.2. The van der Waals surface area contributed by atoms with Crippen molar-refractivity contribution in [2.75, 3.05) is 18.1 Å². The Labute approximate surface area is 137 Å². The number of rotatable bonds is 7. The molecule has 0 N–H and O–H groups in total. The van der Waals surface area contributed by atoms with Crippen molar-refractivity contribution >= 4 is 11.6 Å². The van der Waals surface area contributed by atoms with Gasteiger partial charge in [-0.05, 0) is 57.2 Å². The lowest BCUT2D eigenvalue weighted by atomic mass is 10.2. The fourth-order valence-corrected chi connectivity index (χ4v) is 2.33. The zero-order valence-corrected chi connectivity index (χ0v) is 13.9. The fraction of sp³-hybridized carbons (Fsp3) is 0.316. The van der Waals surface area contributed by atoms with Crippen molar-refractivity contribution in [1.82, 2.24) is 0 Å². The number of hydrogen-bond donors (Lipinski definition) is 0. The van der Waals surface area contributed by atoms with E-state index < -0.39 is 0 Å². The maximum Gasteiger partial charge on any atom is 0.265 e. The van der Waals surface area contributed by atoms with Gasteiger partial charge in [-0.3, -0.25) is 4.79 Å². The molecule has 2 aromatic rings. The van der Waals surface area contributed by atoms with Crippen LogP contribution >= 0.6 is 0 Å². The van der Waals surface area contributed by atoms with Gasteiger partial charge in [-0.1, -0.05) is 18.2 Å². The quantitative estimate of drug-likeness (QED) is 0.778. The van der Waals surface area contributed by atoms with Crippen LogP contribution in [0.25, 0.3) is 0 Å². The number of anilines is 1. The minimum absolute atomic E-state index is 0.00105. The molecule has 0 unspecified atom stereocenters. The average molecular weight is 313 g/mol. The Morgan fingerprint density at radius 3 is 2.04 bits per heavy atom. The molecule has 4 heteroatoms. The molecule has 0 saturated heterocycles. The van der Waals surface area contributed by atoms with Crippen LogP contribution < -0.4 is 14.4 Å². The van der Waals surface area contributed by atoms with Crippen molar-refractivity contribution in [2.45, 2.75) is 26.8 Å². The lowest BCUT2D eigenvalue weighted by molar-refractivity contribution is -0.120. The smallest absolute Gasteiger partial charge is 0.265 e. The van der Waals surface area contributed by atoms with E-state index in [2.05, 4.69) is 0 Å². The summed E-state index contributed by atoms with van der Waals surface area (Å²) in [5.74, 6) is 1.37. The van der Waals surface area contributed by atoms with Crippen molar-refractivity contribution in [3.8, 4) is 11.5 Å². The van der Waals surface area contributed by atoms with E-state index in [-0.39, 0.29) is 18.6 Å². The molecule has 0 fully saturated rings. The Morgan fingerprint density at radius 2 is 1.52 bits per heavy atom. The standard InChI is InChI=1S/C19H23NO3/c1-4-22-17-10-12-18(13-11-17)23-14-19(21)20(15(2)3)16-8-6-5-7-9-16/h5-13,15H,4,14H2,1-3H3. The summed E-state index contributed by atoms with van der Waals surface area (Å²) in [6, 6.07) is 17.0. The molecular weight excluding hydrogens is 290 g/mol. The van der Waals surface area contributed by atoms with Crippen LogP contribution in [0.4, 0.5) is 5.69 Å². The summed E-state index contributed by atoms with van der Waals surface area (Å²) in [6.45, 7) is 6.54. The summed E-state index contributed by atoms with van der Waals surface area (Å²) < 4.78 is 11.0. The van der Waals surface area contributed by atoms with Crippen molar-refractivity contribution in [1.29, 1.82) is 0 Å². The van der Waals surface area contributed by atoms with Gasteiger partial charge in [0.15, 0.2) is 6.61 Å². The number of amides is 1. The molecule has 0 heterocycles. The zero-order chi connectivity index (χ0) is 16.7. The van der Waals surface area contributed by atoms with Crippen molar-refractivity contribution in [3.05, 3.63) is 54.6 Å². The van der Waals surface area contributed by atoms with Crippen LogP contribution in [-0.4, -0.2) is 25.2 Å². The summed E-state index contributed by atoms with van der Waals surface area (Å²) in [5, 5.41) is 0. The van der Waals surface area contributed by atoms with E-state index in [0.29, 0.717) is 12.4 Å². The van der Waals surface area contributed by atoms with Crippen LogP contribution in [0.1, 0.15) is 20.8 Å². The van der Waals surface area contributed by atoms with Gasteiger partial charge in [-0.25, -0.2) is 0 Å². The number of carbonyl (C=O) groups is 1. The highest BCUT2D eigenvalue weighted by Gasteiger charge is 2.19. The predicted molar refractivity (Wildman–Crippen MR) is 92.2 cm³/mol. The van der Waals surface area contributed by atoms with Crippen LogP contribution in [0.2, 0.25) is 0 Å². The van der Waals surface area contributed by atoms with Gasteiger partial charge >= 0.3 is 0 Å². The molecule has 0 aromatic heterocycles. The maximum absolute atomic E-state index is 12.5. The summed E-state index contributed by atoms with van der Waals surface area (Å²) in [5.41, 5.74) is 0.878. The molecule has 0 aliphatic carbocycles. The van der Waals surface area contributed by atoms with Gasteiger partial charge in [-0.2, -0.15) is 0 Å². The highest BCUT2D eigenvalue weighted by molar-refractivity contribution is 5.94. The van der Waals surface area contributed by atoms with Gasteiger partial charge < -0.3 is 14.4 Å². The SMILES string of the molecule is CCOc1ccc(OCC(=O)N(c2ccccc2)C(C)C)cc1. The van der Waals surface area contributed by atoms with Gasteiger partial charge in [0.1, 0.15) is 11.5 Å². The minimum atomic E-state index is -0.0694. The zero-order valence-electron chi connectivity index (χ0n) is 13.9. The molecular formula is C19H23NO3. The first-order valence-corrected chi connectivity index (χ1v) is 7.84. The molecule has 0 radical (unpaired) electrons. The highest BCUT2D eigenvalue weighted by atomic mass is 16.5. The van der Waals surface area contributed by atoms with E-state index in [1.165, 1.54) is 0 Å². The monoisotopic (exact) mass is 313 g/mol. The van der Waals surface area contributed by atoms with Crippen LogP contribution in [0.5, 0.6) is 11.5 Å². The summed E-state index contributed by atoms with van der Waals surface area (Å²) in [6.07, 6.45) is 0. The number of benzene rings is 2. The molecule has 2 aromatic carbocycles. The third-order valence-electron chi connectivity index (χ3n) is 3.32. The lowest BCUT2D eigenvalue weighted by Gasteiger charge is -2.26. The molecule has 2 rings (SSSR count). The van der Waals surface area contributed by atoms with E-state index in [1.807, 2.05) is 63.2 Å². The Bertz CT molecular complexity index is 608. The second-order valence-corrected chi connectivity index (χ2v) is 5.39. The topological polar surface area (TPSA) is 38.8 Å². The molecule has 0 bridgehead atoms. The molecule has 4 nitrogen and oxygen atoms in total. The van der Waals surface area contributed by atoms with Gasteiger partial charge in [0.2, 0.25) is 0 Å². The van der Waals surface area contributed by atoms with Gasteiger partial charge in [-0.15, -0.1) is 0 Å². The second kappa shape index (κ2) is 8.22. The summed E-state index contributed by atoms with van der Waals surface area (Å²) >= 11 is 0. The van der Waals surface area contributed by atoms with Gasteiger partial charge in [0.05, 0.1) is 6.61 Å². The summed E-state index contributed by atoms with van der Waals surface area (Å²) in [7, 11) is 0. The van der Waals surface area contributed by atoms with Crippen LogP contribution in [0.3, 0.4) is 0 Å². The molecule has 0 atom stereocenters. The van der Waals surface area contributed by atoms with Crippen molar-refractivity contribution in [2.24, 2.45) is 0 Å². The Balaban J connectivity index is 1.99. The first kappa shape index (κ1) is 16.9. The molecule has 0 saturated carbocycles. The Kier molecular flexibility index (Phi) is 6.03. The van der Waals surface area contributed by atoms with Gasteiger partial charge in [0, 0.05) is 11.7 Å². The number of para-hydroxylation sites is 1. The van der Waals surface area contributed by atoms with Crippen molar-refractivity contribution in [3.63, 3.8) is 0 Å². The first-order valence-electron chi connectivity index (χ1n) is 7.84. The van der Waals surface area contributed by atoms with E-state index in [0.717, 1.165) is 11.4 Å². The molecule has 122 valence electrons. The molecule has 23 heavy (non-hydrogen) atoms. The number of ether oxygens (including phenoxy) is 2.